The van der Waals surface area contributed by atoms with Gasteiger partial charge >= 0.3 is 0 Å². The average molecular weight is 387 g/mol. The number of likely N-dealkylation sites (tertiary alicyclic amines) is 2. The molecule has 4 rings (SSSR count). The number of rotatable bonds is 3. The Hall–Kier alpha value is -2.74. The van der Waals surface area contributed by atoms with Gasteiger partial charge in [-0.15, -0.1) is 0 Å². The van der Waals surface area contributed by atoms with E-state index in [-0.39, 0.29) is 47.8 Å². The molecule has 28 heavy (non-hydrogen) atoms. The molecule has 1 N–H and O–H groups in total. The second-order valence-corrected chi connectivity index (χ2v) is 7.53. The van der Waals surface area contributed by atoms with Crippen molar-refractivity contribution >= 4 is 11.8 Å². The number of benzene rings is 1. The summed E-state index contributed by atoms with van der Waals surface area (Å²) in [4.78, 5) is 28.6. The van der Waals surface area contributed by atoms with Gasteiger partial charge in [0.25, 0.3) is 5.91 Å². The van der Waals surface area contributed by atoms with Crippen LogP contribution < -0.4 is 0 Å². The van der Waals surface area contributed by atoms with Crippen LogP contribution in [0.2, 0.25) is 0 Å². The molecule has 0 spiro atoms. The van der Waals surface area contributed by atoms with E-state index >= 15 is 0 Å². The smallest absolute Gasteiger partial charge is 0.276 e. The number of aromatic nitrogens is 1. The summed E-state index contributed by atoms with van der Waals surface area (Å²) >= 11 is 0. The summed E-state index contributed by atoms with van der Waals surface area (Å²) in [5, 5.41) is 13.3. The molecule has 2 aliphatic rings. The van der Waals surface area contributed by atoms with Crippen LogP contribution >= 0.6 is 0 Å². The molecular formula is C20H22FN3O4. The van der Waals surface area contributed by atoms with E-state index in [1.54, 1.807) is 22.8 Å². The first-order chi connectivity index (χ1) is 13.4. The van der Waals surface area contributed by atoms with Gasteiger partial charge < -0.3 is 19.4 Å². The molecule has 2 aliphatic heterocycles. The van der Waals surface area contributed by atoms with E-state index in [4.69, 9.17) is 4.52 Å². The summed E-state index contributed by atoms with van der Waals surface area (Å²) in [6, 6.07) is 6.02. The maximum atomic E-state index is 13.8. The van der Waals surface area contributed by atoms with Crippen LogP contribution in [0.15, 0.2) is 28.8 Å². The molecule has 0 saturated carbocycles. The zero-order valence-corrected chi connectivity index (χ0v) is 15.8. The van der Waals surface area contributed by atoms with Gasteiger partial charge in [0.1, 0.15) is 11.6 Å². The predicted molar refractivity (Wildman–Crippen MR) is 96.6 cm³/mol. The molecule has 2 amide bonds. The van der Waals surface area contributed by atoms with Crippen molar-refractivity contribution in [2.24, 2.45) is 11.8 Å². The van der Waals surface area contributed by atoms with Gasteiger partial charge in [-0.05, 0) is 24.6 Å². The minimum absolute atomic E-state index is 0.0141. The van der Waals surface area contributed by atoms with E-state index in [1.807, 2.05) is 6.07 Å². The number of hydrogen-bond acceptors (Lipinski definition) is 5. The van der Waals surface area contributed by atoms with E-state index < -0.39 is 0 Å². The molecule has 2 aromatic rings. The van der Waals surface area contributed by atoms with Gasteiger partial charge in [-0.3, -0.25) is 9.59 Å². The molecule has 2 saturated heterocycles. The highest BCUT2D eigenvalue weighted by Crippen LogP contribution is 2.45. The lowest BCUT2D eigenvalue weighted by Crippen LogP contribution is -2.36. The Morgan fingerprint density at radius 1 is 1.32 bits per heavy atom. The third-order valence-electron chi connectivity index (χ3n) is 5.89. The monoisotopic (exact) mass is 387 g/mol. The minimum atomic E-state index is -0.346. The highest BCUT2D eigenvalue weighted by molar-refractivity contribution is 5.94. The maximum absolute atomic E-state index is 13.8. The lowest BCUT2D eigenvalue weighted by molar-refractivity contribution is -0.130. The lowest BCUT2D eigenvalue weighted by atomic mass is 9.89. The number of carbonyl (C=O) groups is 2. The molecular weight excluding hydrogens is 365 g/mol. The van der Waals surface area contributed by atoms with Crippen LogP contribution in [0, 0.1) is 24.6 Å². The number of amides is 2. The fourth-order valence-corrected chi connectivity index (χ4v) is 4.55. The van der Waals surface area contributed by atoms with Crippen LogP contribution in [0.5, 0.6) is 0 Å². The van der Waals surface area contributed by atoms with E-state index in [9.17, 15) is 19.1 Å². The third-order valence-corrected chi connectivity index (χ3v) is 5.89. The van der Waals surface area contributed by atoms with Crippen molar-refractivity contribution in [2.45, 2.75) is 26.5 Å². The van der Waals surface area contributed by atoms with Crippen LogP contribution in [0.1, 0.15) is 40.3 Å². The van der Waals surface area contributed by atoms with Crippen LogP contribution in [0.3, 0.4) is 0 Å². The Balaban J connectivity index is 1.61. The fourth-order valence-electron chi connectivity index (χ4n) is 4.55. The number of fused-ring (bicyclic) bond motifs is 1. The largest absolute Gasteiger partial charge is 0.391 e. The zero-order valence-electron chi connectivity index (χ0n) is 15.8. The van der Waals surface area contributed by atoms with Gasteiger partial charge in [0.05, 0.1) is 18.2 Å². The molecule has 148 valence electrons. The molecule has 1 aromatic heterocycles. The predicted octanol–water partition coefficient (Wildman–Crippen LogP) is 1.91. The van der Waals surface area contributed by atoms with Crippen molar-refractivity contribution in [2.75, 3.05) is 19.6 Å². The summed E-state index contributed by atoms with van der Waals surface area (Å²) in [7, 11) is 0. The molecule has 0 unspecified atom stereocenters. The van der Waals surface area contributed by atoms with E-state index in [1.165, 1.54) is 19.1 Å². The van der Waals surface area contributed by atoms with Crippen molar-refractivity contribution in [3.8, 4) is 0 Å². The number of carbonyl (C=O) groups excluding carboxylic acids is 2. The summed E-state index contributed by atoms with van der Waals surface area (Å²) in [6.45, 7) is 4.29. The minimum Gasteiger partial charge on any atom is -0.391 e. The highest BCUT2D eigenvalue weighted by atomic mass is 19.1. The Morgan fingerprint density at radius 3 is 2.79 bits per heavy atom. The zero-order chi connectivity index (χ0) is 20.0. The summed E-state index contributed by atoms with van der Waals surface area (Å²) in [6.07, 6.45) is 0. The van der Waals surface area contributed by atoms with E-state index in [2.05, 4.69) is 5.16 Å². The van der Waals surface area contributed by atoms with Crippen LogP contribution in [-0.2, 0) is 11.4 Å². The van der Waals surface area contributed by atoms with Gasteiger partial charge in [-0.2, -0.15) is 0 Å². The lowest BCUT2D eigenvalue weighted by Gasteiger charge is -2.29. The standard InChI is InChI=1S/C20H22FN3O4/c1-11-17(10-25)18(22-28-11)20(27)23-7-14-8-24(12(2)26)19(16(14)9-23)13-4-3-5-15(21)6-13/h3-6,14,16,19,25H,7-10H2,1-2H3/t14-,16-,19-/m1/s1. The number of aryl methyl sites for hydroxylation is 1. The third kappa shape index (κ3) is 2.97. The Bertz CT molecular complexity index is 928. The van der Waals surface area contributed by atoms with Gasteiger partial charge in [0.2, 0.25) is 5.91 Å². The molecule has 3 atom stereocenters. The highest BCUT2D eigenvalue weighted by Gasteiger charge is 2.50. The second-order valence-electron chi connectivity index (χ2n) is 7.53. The fraction of sp³-hybridized carbons (Fsp3) is 0.450. The van der Waals surface area contributed by atoms with E-state index in [0.717, 1.165) is 5.56 Å². The molecule has 0 aliphatic carbocycles. The second kappa shape index (κ2) is 7.01. The van der Waals surface area contributed by atoms with E-state index in [0.29, 0.717) is 31.0 Å². The Labute approximate surface area is 161 Å². The maximum Gasteiger partial charge on any atom is 0.276 e. The molecule has 7 nitrogen and oxygen atoms in total. The topological polar surface area (TPSA) is 86.9 Å². The van der Waals surface area contributed by atoms with Crippen molar-refractivity contribution < 1.29 is 23.6 Å². The molecule has 1 aromatic carbocycles. The van der Waals surface area contributed by atoms with Gasteiger partial charge in [-0.25, -0.2) is 4.39 Å². The average Bonchev–Trinajstić information content (AvgIpc) is 3.32. The van der Waals surface area contributed by atoms with Crippen molar-refractivity contribution in [3.05, 3.63) is 52.7 Å². The molecule has 3 heterocycles. The first-order valence-corrected chi connectivity index (χ1v) is 9.28. The first-order valence-electron chi connectivity index (χ1n) is 9.28. The number of halogens is 1. The Morgan fingerprint density at radius 2 is 2.11 bits per heavy atom. The summed E-state index contributed by atoms with van der Waals surface area (Å²) in [5.41, 5.74) is 1.27. The van der Waals surface area contributed by atoms with Crippen LogP contribution in [-0.4, -0.2) is 51.5 Å². The van der Waals surface area contributed by atoms with Crippen LogP contribution in [0.4, 0.5) is 4.39 Å². The molecule has 0 radical (unpaired) electrons. The molecule has 8 heteroatoms. The van der Waals surface area contributed by atoms with Gasteiger partial charge in [0, 0.05) is 38.4 Å². The Kier molecular flexibility index (Phi) is 4.66. The van der Waals surface area contributed by atoms with Crippen molar-refractivity contribution in [3.63, 3.8) is 0 Å². The quantitative estimate of drug-likeness (QED) is 0.869. The summed E-state index contributed by atoms with van der Waals surface area (Å²) in [5.74, 6) is -0.155. The van der Waals surface area contributed by atoms with Crippen molar-refractivity contribution in [1.82, 2.24) is 15.0 Å². The van der Waals surface area contributed by atoms with Crippen LogP contribution in [0.25, 0.3) is 0 Å². The van der Waals surface area contributed by atoms with Crippen molar-refractivity contribution in [1.29, 1.82) is 0 Å². The number of aliphatic hydroxyl groups is 1. The normalized spacial score (nSPS) is 23.9. The SMILES string of the molecule is CC(=O)N1C[C@H]2CN(C(=O)c3noc(C)c3CO)C[C@H]2[C@H]1c1cccc(F)c1. The van der Waals surface area contributed by atoms with Gasteiger partial charge in [-0.1, -0.05) is 17.3 Å². The molecule has 0 bridgehead atoms. The number of hydrogen-bond donors (Lipinski definition) is 1. The number of nitrogens with zero attached hydrogens (tertiary/aromatic N) is 3. The molecule has 2 fully saturated rings. The summed E-state index contributed by atoms with van der Waals surface area (Å²) < 4.78 is 18.9. The first kappa shape index (κ1) is 18.6. The van der Waals surface area contributed by atoms with Gasteiger partial charge in [0.15, 0.2) is 5.69 Å². The number of aliphatic hydroxyl groups excluding tert-OH is 1.